The fourth-order valence-electron chi connectivity index (χ4n) is 3.34. The number of nitrogens with one attached hydrogen (secondary N) is 1. The van der Waals surface area contributed by atoms with Gasteiger partial charge in [0, 0.05) is 24.2 Å². The first kappa shape index (κ1) is 16.0. The Bertz CT molecular complexity index is 915. The van der Waals surface area contributed by atoms with Crippen molar-refractivity contribution in [1.82, 2.24) is 5.32 Å². The Balaban J connectivity index is 1.42. The van der Waals surface area contributed by atoms with E-state index in [0.29, 0.717) is 35.7 Å². The predicted molar refractivity (Wildman–Crippen MR) is 99.0 cm³/mol. The minimum Gasteiger partial charge on any atom is -0.454 e. The number of Topliss-reactive ketones (excluding diaryl/α,β-unsaturated/α-hetero) is 1. The highest BCUT2D eigenvalue weighted by Gasteiger charge is 2.21. The molecule has 0 saturated carbocycles. The SMILES string of the molecule is O=C1/C(=C/c2ccc3c(c2)OCO3)CNC/C1=C\c1ccc2c(c1)OCO2. The second-order valence-corrected chi connectivity index (χ2v) is 6.50. The summed E-state index contributed by atoms with van der Waals surface area (Å²) in [5, 5.41) is 3.29. The first-order valence-corrected chi connectivity index (χ1v) is 8.72. The van der Waals surface area contributed by atoms with Crippen LogP contribution in [-0.4, -0.2) is 32.5 Å². The summed E-state index contributed by atoms with van der Waals surface area (Å²) in [7, 11) is 0. The summed E-state index contributed by atoms with van der Waals surface area (Å²) in [6.07, 6.45) is 3.79. The van der Waals surface area contributed by atoms with E-state index in [4.69, 9.17) is 18.9 Å². The third kappa shape index (κ3) is 3.04. The average Bonchev–Trinajstić information content (AvgIpc) is 3.33. The van der Waals surface area contributed by atoms with Gasteiger partial charge in [-0.15, -0.1) is 0 Å². The summed E-state index contributed by atoms with van der Waals surface area (Å²) < 4.78 is 21.5. The highest BCUT2D eigenvalue weighted by molar-refractivity contribution is 6.14. The van der Waals surface area contributed by atoms with Crippen LogP contribution in [0.2, 0.25) is 0 Å². The molecule has 2 aromatic rings. The summed E-state index contributed by atoms with van der Waals surface area (Å²) in [4.78, 5) is 12.9. The molecule has 27 heavy (non-hydrogen) atoms. The van der Waals surface area contributed by atoms with E-state index >= 15 is 0 Å². The molecule has 0 bridgehead atoms. The Kier molecular flexibility index (Phi) is 3.83. The Morgan fingerprint density at radius 2 is 1.19 bits per heavy atom. The van der Waals surface area contributed by atoms with Crippen LogP contribution in [0.1, 0.15) is 11.1 Å². The smallest absolute Gasteiger partial charge is 0.231 e. The molecule has 0 unspecified atom stereocenters. The molecule has 0 radical (unpaired) electrons. The van der Waals surface area contributed by atoms with Crippen LogP contribution in [0.3, 0.4) is 0 Å². The average molecular weight is 363 g/mol. The largest absolute Gasteiger partial charge is 0.454 e. The molecule has 6 nitrogen and oxygen atoms in total. The van der Waals surface area contributed by atoms with Crippen molar-refractivity contribution < 1.29 is 23.7 Å². The summed E-state index contributed by atoms with van der Waals surface area (Å²) in [6, 6.07) is 11.3. The summed E-state index contributed by atoms with van der Waals surface area (Å²) in [5.74, 6) is 2.92. The van der Waals surface area contributed by atoms with Crippen molar-refractivity contribution in [2.24, 2.45) is 0 Å². The quantitative estimate of drug-likeness (QED) is 0.828. The van der Waals surface area contributed by atoms with Gasteiger partial charge in [-0.2, -0.15) is 0 Å². The number of hydrogen-bond donors (Lipinski definition) is 1. The number of carbonyl (C=O) groups is 1. The number of fused-ring (bicyclic) bond motifs is 2. The van der Waals surface area contributed by atoms with E-state index in [1.165, 1.54) is 0 Å². The van der Waals surface area contributed by atoms with Crippen molar-refractivity contribution in [1.29, 1.82) is 0 Å². The van der Waals surface area contributed by atoms with Crippen molar-refractivity contribution in [3.05, 3.63) is 58.7 Å². The molecule has 0 spiro atoms. The molecular formula is C21H17NO5. The molecule has 1 N–H and O–H groups in total. The van der Waals surface area contributed by atoms with Gasteiger partial charge in [-0.1, -0.05) is 12.1 Å². The molecule has 1 saturated heterocycles. The van der Waals surface area contributed by atoms with Crippen LogP contribution in [0.15, 0.2) is 47.5 Å². The van der Waals surface area contributed by atoms with Gasteiger partial charge in [-0.25, -0.2) is 0 Å². The van der Waals surface area contributed by atoms with Crippen molar-refractivity contribution in [2.45, 2.75) is 0 Å². The minimum absolute atomic E-state index is 0.0454. The molecule has 0 aromatic heterocycles. The maximum Gasteiger partial charge on any atom is 0.231 e. The molecule has 0 aliphatic carbocycles. The third-order valence-corrected chi connectivity index (χ3v) is 4.69. The number of piperidine rings is 1. The number of benzene rings is 2. The highest BCUT2D eigenvalue weighted by Crippen LogP contribution is 2.34. The Hall–Kier alpha value is -3.25. The summed E-state index contributed by atoms with van der Waals surface area (Å²) >= 11 is 0. The molecule has 136 valence electrons. The highest BCUT2D eigenvalue weighted by atomic mass is 16.7. The van der Waals surface area contributed by atoms with Gasteiger partial charge in [0.2, 0.25) is 13.6 Å². The minimum atomic E-state index is 0.0454. The summed E-state index contributed by atoms with van der Waals surface area (Å²) in [5.41, 5.74) is 3.25. The van der Waals surface area contributed by atoms with Crippen LogP contribution in [0.4, 0.5) is 0 Å². The standard InChI is InChI=1S/C21H17NO5/c23-21-15(5-13-1-3-17-19(7-13)26-11-24-17)9-22-10-16(21)6-14-2-4-18-20(8-14)27-12-25-18/h1-8,22H,9-12H2/b15-5+,16-6+. The molecule has 3 aliphatic heterocycles. The first-order chi connectivity index (χ1) is 13.3. The molecule has 0 amide bonds. The molecule has 3 aliphatic rings. The van der Waals surface area contributed by atoms with E-state index in [1.54, 1.807) is 0 Å². The van der Waals surface area contributed by atoms with Crippen LogP contribution in [-0.2, 0) is 4.79 Å². The topological polar surface area (TPSA) is 66.0 Å². The van der Waals surface area contributed by atoms with Crippen LogP contribution < -0.4 is 24.3 Å². The lowest BCUT2D eigenvalue weighted by molar-refractivity contribution is -0.112. The van der Waals surface area contributed by atoms with E-state index < -0.39 is 0 Å². The lowest BCUT2D eigenvalue weighted by Crippen LogP contribution is -2.32. The normalized spacial score (nSPS) is 20.5. The molecule has 5 rings (SSSR count). The second kappa shape index (κ2) is 6.48. The van der Waals surface area contributed by atoms with Crippen molar-refractivity contribution in [2.75, 3.05) is 26.7 Å². The van der Waals surface area contributed by atoms with Gasteiger partial charge in [-0.3, -0.25) is 4.79 Å². The maximum absolute atomic E-state index is 12.9. The zero-order valence-corrected chi connectivity index (χ0v) is 14.5. The van der Waals surface area contributed by atoms with Gasteiger partial charge in [-0.05, 0) is 47.5 Å². The molecule has 1 fully saturated rings. The Morgan fingerprint density at radius 1 is 0.704 bits per heavy atom. The number of ketones is 1. The van der Waals surface area contributed by atoms with Crippen LogP contribution in [0.25, 0.3) is 12.2 Å². The van der Waals surface area contributed by atoms with Gasteiger partial charge in [0.05, 0.1) is 0 Å². The van der Waals surface area contributed by atoms with E-state index in [2.05, 4.69) is 5.32 Å². The molecule has 3 heterocycles. The van der Waals surface area contributed by atoms with Gasteiger partial charge < -0.3 is 24.3 Å². The van der Waals surface area contributed by atoms with Crippen LogP contribution in [0.5, 0.6) is 23.0 Å². The van der Waals surface area contributed by atoms with Crippen molar-refractivity contribution in [3.63, 3.8) is 0 Å². The van der Waals surface area contributed by atoms with Crippen LogP contribution in [0, 0.1) is 0 Å². The number of rotatable bonds is 2. The Morgan fingerprint density at radius 3 is 1.70 bits per heavy atom. The van der Waals surface area contributed by atoms with Crippen molar-refractivity contribution >= 4 is 17.9 Å². The fraction of sp³-hybridized carbons (Fsp3) is 0.190. The van der Waals surface area contributed by atoms with E-state index in [-0.39, 0.29) is 19.4 Å². The number of carbonyl (C=O) groups excluding carboxylic acids is 1. The van der Waals surface area contributed by atoms with Gasteiger partial charge in [0.25, 0.3) is 0 Å². The first-order valence-electron chi connectivity index (χ1n) is 8.72. The zero-order chi connectivity index (χ0) is 18.2. The van der Waals surface area contributed by atoms with Gasteiger partial charge >= 0.3 is 0 Å². The fourth-order valence-corrected chi connectivity index (χ4v) is 3.34. The second-order valence-electron chi connectivity index (χ2n) is 6.50. The maximum atomic E-state index is 12.9. The van der Waals surface area contributed by atoms with Gasteiger partial charge in [0.1, 0.15) is 0 Å². The van der Waals surface area contributed by atoms with E-state index in [9.17, 15) is 4.79 Å². The lowest BCUT2D eigenvalue weighted by atomic mass is 9.95. The number of hydrogen-bond acceptors (Lipinski definition) is 6. The van der Waals surface area contributed by atoms with Gasteiger partial charge in [0.15, 0.2) is 28.8 Å². The molecule has 2 aromatic carbocycles. The van der Waals surface area contributed by atoms with Crippen LogP contribution >= 0.6 is 0 Å². The molecule has 0 atom stereocenters. The molecular weight excluding hydrogens is 346 g/mol. The van der Waals surface area contributed by atoms with E-state index in [0.717, 1.165) is 22.6 Å². The third-order valence-electron chi connectivity index (χ3n) is 4.69. The van der Waals surface area contributed by atoms with E-state index in [1.807, 2.05) is 48.6 Å². The predicted octanol–water partition coefficient (Wildman–Crippen LogP) is 2.78. The monoisotopic (exact) mass is 363 g/mol. The molecule has 6 heteroatoms. The number of ether oxygens (including phenoxy) is 4. The van der Waals surface area contributed by atoms with Crippen molar-refractivity contribution in [3.8, 4) is 23.0 Å². The lowest BCUT2D eigenvalue weighted by Gasteiger charge is -2.18. The Labute approximate surface area is 156 Å². The summed E-state index contributed by atoms with van der Waals surface area (Å²) in [6.45, 7) is 1.54. The zero-order valence-electron chi connectivity index (χ0n) is 14.5.